The largest absolute Gasteiger partial charge is 0.311 e. The predicted octanol–water partition coefficient (Wildman–Crippen LogP) is 2.22. The van der Waals surface area contributed by atoms with Gasteiger partial charge in [0, 0.05) is 12.2 Å². The molecule has 1 aliphatic heterocycles. The Kier molecular flexibility index (Phi) is 4.38. The zero-order chi connectivity index (χ0) is 17.3. The van der Waals surface area contributed by atoms with Crippen LogP contribution in [-0.4, -0.2) is 26.9 Å². The first kappa shape index (κ1) is 16.6. The summed E-state index contributed by atoms with van der Waals surface area (Å²) >= 11 is 0. The summed E-state index contributed by atoms with van der Waals surface area (Å²) < 4.78 is 40.0. The van der Waals surface area contributed by atoms with Crippen LogP contribution in [0.5, 0.6) is 0 Å². The van der Waals surface area contributed by atoms with Crippen molar-refractivity contribution in [2.75, 3.05) is 11.4 Å². The molecule has 2 aromatic rings. The third-order valence-corrected chi connectivity index (χ3v) is 5.46. The Labute approximate surface area is 140 Å². The summed E-state index contributed by atoms with van der Waals surface area (Å²) in [5.41, 5.74) is 1.83. The van der Waals surface area contributed by atoms with Crippen molar-refractivity contribution >= 4 is 21.6 Å². The molecule has 1 N–H and O–H groups in total. The van der Waals surface area contributed by atoms with Crippen molar-refractivity contribution in [1.82, 2.24) is 4.72 Å². The minimum atomic E-state index is -3.87. The lowest BCUT2D eigenvalue weighted by Gasteiger charge is -2.17. The van der Waals surface area contributed by atoms with Crippen LogP contribution in [-0.2, 0) is 14.8 Å². The molecule has 1 amide bonds. The third-order valence-electron chi connectivity index (χ3n) is 3.97. The topological polar surface area (TPSA) is 66.5 Å². The van der Waals surface area contributed by atoms with E-state index >= 15 is 0 Å². The number of anilines is 1. The van der Waals surface area contributed by atoms with Gasteiger partial charge >= 0.3 is 0 Å². The molecule has 0 aromatic heterocycles. The molecular formula is C17H17FN2O3S. The van der Waals surface area contributed by atoms with Gasteiger partial charge in [-0.3, -0.25) is 4.79 Å². The minimum Gasteiger partial charge on any atom is -0.311 e. The van der Waals surface area contributed by atoms with Crippen LogP contribution in [0.25, 0.3) is 0 Å². The highest BCUT2D eigenvalue weighted by Crippen LogP contribution is 2.23. The minimum absolute atomic E-state index is 0.0644. The monoisotopic (exact) mass is 348 g/mol. The van der Waals surface area contributed by atoms with Gasteiger partial charge in [0.05, 0.1) is 4.90 Å². The van der Waals surface area contributed by atoms with Crippen LogP contribution in [0, 0.1) is 12.7 Å². The Morgan fingerprint density at radius 1 is 1.08 bits per heavy atom. The highest BCUT2D eigenvalue weighted by atomic mass is 32.2. The molecule has 24 heavy (non-hydrogen) atoms. The first-order valence-corrected chi connectivity index (χ1v) is 9.01. The second-order valence-electron chi connectivity index (χ2n) is 5.74. The SMILES string of the molecule is Cc1ccc(N2CCC(NS(=O)(=O)c3ccc(F)cc3)C2=O)cc1. The molecule has 0 aliphatic carbocycles. The number of carbonyl (C=O) groups excluding carboxylic acids is 1. The Hall–Kier alpha value is -2.25. The summed E-state index contributed by atoms with van der Waals surface area (Å²) in [6.07, 6.45) is 0.382. The standard InChI is InChI=1S/C17H17FN2O3S/c1-12-2-6-14(7-3-12)20-11-10-16(17(20)21)19-24(22,23)15-8-4-13(18)5-9-15/h2-9,16,19H,10-11H2,1H3. The normalized spacial score (nSPS) is 18.2. The lowest BCUT2D eigenvalue weighted by Crippen LogP contribution is -2.41. The second kappa shape index (κ2) is 6.33. The highest BCUT2D eigenvalue weighted by Gasteiger charge is 2.35. The molecule has 1 atom stereocenters. The van der Waals surface area contributed by atoms with Gasteiger partial charge in [0.25, 0.3) is 0 Å². The summed E-state index contributed by atoms with van der Waals surface area (Å²) in [6, 6.07) is 11.2. The molecule has 1 fully saturated rings. The molecule has 0 saturated carbocycles. The van der Waals surface area contributed by atoms with Crippen LogP contribution in [0.15, 0.2) is 53.4 Å². The van der Waals surface area contributed by atoms with Crippen molar-refractivity contribution in [3.8, 4) is 0 Å². The number of halogens is 1. The van der Waals surface area contributed by atoms with Gasteiger partial charge in [0.1, 0.15) is 11.9 Å². The van der Waals surface area contributed by atoms with Crippen molar-refractivity contribution < 1.29 is 17.6 Å². The number of aryl methyl sites for hydroxylation is 1. The van der Waals surface area contributed by atoms with Crippen molar-refractivity contribution in [2.24, 2.45) is 0 Å². The summed E-state index contributed by atoms with van der Waals surface area (Å²) in [6.45, 7) is 2.40. The lowest BCUT2D eigenvalue weighted by molar-refractivity contribution is -0.118. The van der Waals surface area contributed by atoms with Gasteiger partial charge in [0.15, 0.2) is 0 Å². The van der Waals surface area contributed by atoms with E-state index in [9.17, 15) is 17.6 Å². The van der Waals surface area contributed by atoms with E-state index < -0.39 is 21.9 Å². The smallest absolute Gasteiger partial charge is 0.245 e. The van der Waals surface area contributed by atoms with Crippen LogP contribution in [0.4, 0.5) is 10.1 Å². The highest BCUT2D eigenvalue weighted by molar-refractivity contribution is 7.89. The molecule has 1 aliphatic rings. The van der Waals surface area contributed by atoms with Gasteiger partial charge < -0.3 is 4.90 Å². The van der Waals surface area contributed by atoms with Crippen molar-refractivity contribution in [3.05, 3.63) is 59.9 Å². The van der Waals surface area contributed by atoms with Crippen LogP contribution in [0.3, 0.4) is 0 Å². The van der Waals surface area contributed by atoms with Crippen molar-refractivity contribution in [2.45, 2.75) is 24.3 Å². The van der Waals surface area contributed by atoms with Gasteiger partial charge in [-0.1, -0.05) is 17.7 Å². The van der Waals surface area contributed by atoms with E-state index in [1.807, 2.05) is 31.2 Å². The van der Waals surface area contributed by atoms with Crippen LogP contribution < -0.4 is 9.62 Å². The molecule has 1 unspecified atom stereocenters. The summed E-state index contributed by atoms with van der Waals surface area (Å²) in [7, 11) is -3.87. The molecular weight excluding hydrogens is 331 g/mol. The molecule has 3 rings (SSSR count). The second-order valence-corrected chi connectivity index (χ2v) is 7.46. The Bertz CT molecular complexity index is 848. The lowest BCUT2D eigenvalue weighted by atomic mass is 10.2. The summed E-state index contributed by atoms with van der Waals surface area (Å²) in [5.74, 6) is -0.805. The van der Waals surface area contributed by atoms with E-state index in [1.54, 1.807) is 4.90 Å². The van der Waals surface area contributed by atoms with E-state index in [1.165, 1.54) is 12.1 Å². The van der Waals surface area contributed by atoms with Gasteiger partial charge in [-0.05, 0) is 49.7 Å². The van der Waals surface area contributed by atoms with Crippen LogP contribution >= 0.6 is 0 Å². The molecule has 7 heteroatoms. The first-order chi connectivity index (χ1) is 11.4. The number of nitrogens with zero attached hydrogens (tertiary/aromatic N) is 1. The zero-order valence-electron chi connectivity index (χ0n) is 13.1. The number of hydrogen-bond acceptors (Lipinski definition) is 3. The molecule has 1 heterocycles. The van der Waals surface area contributed by atoms with Crippen molar-refractivity contribution in [3.63, 3.8) is 0 Å². The number of sulfonamides is 1. The number of hydrogen-bond donors (Lipinski definition) is 1. The fourth-order valence-electron chi connectivity index (χ4n) is 2.64. The molecule has 126 valence electrons. The molecule has 0 bridgehead atoms. The fourth-order valence-corrected chi connectivity index (χ4v) is 3.86. The zero-order valence-corrected chi connectivity index (χ0v) is 13.9. The number of rotatable bonds is 4. The summed E-state index contributed by atoms with van der Waals surface area (Å²) in [4.78, 5) is 14.0. The molecule has 0 radical (unpaired) electrons. The molecule has 1 saturated heterocycles. The maximum atomic E-state index is 12.9. The van der Waals surface area contributed by atoms with E-state index in [-0.39, 0.29) is 10.8 Å². The van der Waals surface area contributed by atoms with Crippen LogP contribution in [0.2, 0.25) is 0 Å². The van der Waals surface area contributed by atoms with E-state index in [2.05, 4.69) is 4.72 Å². The van der Waals surface area contributed by atoms with Gasteiger partial charge in [-0.15, -0.1) is 0 Å². The fraction of sp³-hybridized carbons (Fsp3) is 0.235. The number of nitrogens with one attached hydrogen (secondary N) is 1. The molecule has 0 spiro atoms. The van der Waals surface area contributed by atoms with E-state index in [4.69, 9.17) is 0 Å². The van der Waals surface area contributed by atoms with Gasteiger partial charge in [-0.25, -0.2) is 12.8 Å². The van der Waals surface area contributed by atoms with Gasteiger partial charge in [-0.2, -0.15) is 4.72 Å². The van der Waals surface area contributed by atoms with Gasteiger partial charge in [0.2, 0.25) is 15.9 Å². The average molecular weight is 348 g/mol. The quantitative estimate of drug-likeness (QED) is 0.921. The maximum absolute atomic E-state index is 12.9. The Morgan fingerprint density at radius 2 is 1.71 bits per heavy atom. The number of amides is 1. The Balaban J connectivity index is 1.76. The number of carbonyl (C=O) groups is 1. The summed E-state index contributed by atoms with van der Waals surface area (Å²) in [5, 5.41) is 0. The maximum Gasteiger partial charge on any atom is 0.245 e. The predicted molar refractivity (Wildman–Crippen MR) is 88.7 cm³/mol. The van der Waals surface area contributed by atoms with E-state index in [0.29, 0.717) is 13.0 Å². The molecule has 2 aromatic carbocycles. The molecule has 5 nitrogen and oxygen atoms in total. The average Bonchev–Trinajstić information content (AvgIpc) is 2.89. The first-order valence-electron chi connectivity index (χ1n) is 7.53. The van der Waals surface area contributed by atoms with Crippen LogP contribution in [0.1, 0.15) is 12.0 Å². The Morgan fingerprint density at radius 3 is 2.33 bits per heavy atom. The van der Waals surface area contributed by atoms with E-state index in [0.717, 1.165) is 23.4 Å². The third kappa shape index (κ3) is 3.32. The van der Waals surface area contributed by atoms with Crippen molar-refractivity contribution in [1.29, 1.82) is 0 Å². The number of benzene rings is 2.